The third kappa shape index (κ3) is 5.80. The fourth-order valence-electron chi connectivity index (χ4n) is 1.63. The van der Waals surface area contributed by atoms with Crippen LogP contribution in [-0.4, -0.2) is 50.9 Å². The summed E-state index contributed by atoms with van der Waals surface area (Å²) in [5.74, 6) is 0.804. The summed E-state index contributed by atoms with van der Waals surface area (Å²) < 4.78 is 15.9. The summed E-state index contributed by atoms with van der Waals surface area (Å²) in [6.07, 6.45) is 0.543. The minimum atomic E-state index is -0.396. The highest BCUT2D eigenvalue weighted by Crippen LogP contribution is 2.16. The largest absolute Gasteiger partial charge is 0.390 e. The summed E-state index contributed by atoms with van der Waals surface area (Å²) in [5.41, 5.74) is 0. The lowest BCUT2D eigenvalue weighted by molar-refractivity contribution is -0.0208. The lowest BCUT2D eigenvalue weighted by Gasteiger charge is -2.16. The van der Waals surface area contributed by atoms with Gasteiger partial charge in [-0.2, -0.15) is 0 Å². The number of aliphatic hydroxyl groups excluding tert-OH is 1. The van der Waals surface area contributed by atoms with Crippen LogP contribution in [0.5, 0.6) is 0 Å². The molecule has 0 bridgehead atoms. The second-order valence-electron chi connectivity index (χ2n) is 4.73. The fraction of sp³-hybridized carbons (Fsp3) is 1.00. The molecule has 96 valence electrons. The van der Waals surface area contributed by atoms with Crippen molar-refractivity contribution in [3.63, 3.8) is 0 Å². The molecule has 0 spiro atoms. The van der Waals surface area contributed by atoms with Gasteiger partial charge in [0, 0.05) is 19.1 Å². The number of aliphatic hydroxyl groups is 1. The maximum absolute atomic E-state index is 9.75. The van der Waals surface area contributed by atoms with Gasteiger partial charge in [-0.25, -0.2) is 0 Å². The summed E-state index contributed by atoms with van der Waals surface area (Å²) in [6.45, 7) is 7.97. The summed E-state index contributed by atoms with van der Waals surface area (Å²) in [7, 11) is 0. The molecule has 1 aliphatic rings. The van der Waals surface area contributed by atoms with Crippen LogP contribution in [0, 0.1) is 11.8 Å². The van der Waals surface area contributed by atoms with Gasteiger partial charge in [0.2, 0.25) is 0 Å². The Morgan fingerprint density at radius 1 is 1.25 bits per heavy atom. The molecule has 0 aromatic rings. The van der Waals surface area contributed by atoms with E-state index in [1.807, 2.05) is 0 Å². The van der Waals surface area contributed by atoms with Crippen LogP contribution in [0.4, 0.5) is 0 Å². The van der Waals surface area contributed by atoms with Crippen LogP contribution >= 0.6 is 0 Å². The molecular weight excluding hydrogens is 208 g/mol. The van der Waals surface area contributed by atoms with Gasteiger partial charge in [0.15, 0.2) is 0 Å². The Bertz CT molecular complexity index is 166. The van der Waals surface area contributed by atoms with Crippen LogP contribution < -0.4 is 0 Å². The minimum absolute atomic E-state index is 0.247. The minimum Gasteiger partial charge on any atom is -0.390 e. The second-order valence-corrected chi connectivity index (χ2v) is 4.73. The van der Waals surface area contributed by atoms with Crippen molar-refractivity contribution in [1.29, 1.82) is 0 Å². The lowest BCUT2D eigenvalue weighted by Crippen LogP contribution is -2.26. The normalized spacial score (nSPS) is 22.9. The third-order valence-corrected chi connectivity index (χ3v) is 2.62. The van der Waals surface area contributed by atoms with Crippen molar-refractivity contribution in [2.24, 2.45) is 11.8 Å². The quantitative estimate of drug-likeness (QED) is 0.636. The van der Waals surface area contributed by atoms with Crippen molar-refractivity contribution >= 4 is 0 Å². The monoisotopic (exact) mass is 232 g/mol. The zero-order valence-electron chi connectivity index (χ0n) is 10.4. The predicted molar refractivity (Wildman–Crippen MR) is 61.4 cm³/mol. The Balaban J connectivity index is 1.90. The number of ether oxygens (including phenoxy) is 3. The van der Waals surface area contributed by atoms with Crippen LogP contribution in [0.1, 0.15) is 20.3 Å². The molecule has 2 atom stereocenters. The summed E-state index contributed by atoms with van der Waals surface area (Å²) in [4.78, 5) is 0. The molecule has 1 heterocycles. The van der Waals surface area contributed by atoms with Gasteiger partial charge in [-0.3, -0.25) is 0 Å². The maximum Gasteiger partial charge on any atom is 0.0824 e. The first-order chi connectivity index (χ1) is 7.70. The van der Waals surface area contributed by atoms with Crippen molar-refractivity contribution in [2.75, 3.05) is 39.6 Å². The second kappa shape index (κ2) is 8.01. The van der Waals surface area contributed by atoms with E-state index in [-0.39, 0.29) is 5.92 Å². The van der Waals surface area contributed by atoms with Crippen molar-refractivity contribution in [3.8, 4) is 0 Å². The van der Waals surface area contributed by atoms with Gasteiger partial charge in [-0.05, 0) is 12.3 Å². The molecule has 0 aromatic heterocycles. The van der Waals surface area contributed by atoms with E-state index in [9.17, 15) is 5.11 Å². The molecule has 1 rings (SSSR count). The van der Waals surface area contributed by atoms with Crippen LogP contribution in [0.2, 0.25) is 0 Å². The van der Waals surface area contributed by atoms with E-state index in [2.05, 4.69) is 13.8 Å². The molecule has 4 heteroatoms. The molecule has 0 amide bonds. The third-order valence-electron chi connectivity index (χ3n) is 2.62. The average molecular weight is 232 g/mol. The molecule has 2 unspecified atom stereocenters. The van der Waals surface area contributed by atoms with E-state index < -0.39 is 6.10 Å². The first-order valence-corrected chi connectivity index (χ1v) is 6.11. The van der Waals surface area contributed by atoms with Gasteiger partial charge < -0.3 is 19.3 Å². The van der Waals surface area contributed by atoms with E-state index in [0.717, 1.165) is 19.6 Å². The summed E-state index contributed by atoms with van der Waals surface area (Å²) >= 11 is 0. The first-order valence-electron chi connectivity index (χ1n) is 6.11. The van der Waals surface area contributed by atoms with Crippen molar-refractivity contribution in [1.82, 2.24) is 0 Å². The molecule has 1 N–H and O–H groups in total. The number of hydrogen-bond donors (Lipinski definition) is 1. The topological polar surface area (TPSA) is 47.9 Å². The van der Waals surface area contributed by atoms with Gasteiger partial charge in [0.1, 0.15) is 0 Å². The van der Waals surface area contributed by atoms with E-state index >= 15 is 0 Å². The van der Waals surface area contributed by atoms with E-state index in [4.69, 9.17) is 14.2 Å². The Morgan fingerprint density at radius 3 is 2.50 bits per heavy atom. The number of hydrogen-bond acceptors (Lipinski definition) is 4. The van der Waals surface area contributed by atoms with Crippen LogP contribution in [0.3, 0.4) is 0 Å². The molecule has 1 fully saturated rings. The molecule has 16 heavy (non-hydrogen) atoms. The molecular formula is C12H24O4. The predicted octanol–water partition coefficient (Wildman–Crippen LogP) is 1.07. The molecule has 0 radical (unpaired) electrons. The van der Waals surface area contributed by atoms with Crippen molar-refractivity contribution in [3.05, 3.63) is 0 Å². The molecule has 0 saturated carbocycles. The maximum atomic E-state index is 9.75. The molecule has 1 aliphatic heterocycles. The summed E-state index contributed by atoms with van der Waals surface area (Å²) in [6, 6.07) is 0. The van der Waals surface area contributed by atoms with Gasteiger partial charge in [-0.1, -0.05) is 13.8 Å². The van der Waals surface area contributed by atoms with Gasteiger partial charge >= 0.3 is 0 Å². The smallest absolute Gasteiger partial charge is 0.0824 e. The van der Waals surface area contributed by atoms with Crippen molar-refractivity contribution in [2.45, 2.75) is 26.4 Å². The number of rotatable bonds is 8. The Morgan fingerprint density at radius 2 is 1.94 bits per heavy atom. The highest BCUT2D eigenvalue weighted by atomic mass is 16.5. The standard InChI is InChI=1S/C12H24O4/c1-10(2)7-15-5-6-16-9-12(13)11-3-4-14-8-11/h10-13H,3-9H2,1-2H3. The zero-order valence-corrected chi connectivity index (χ0v) is 10.4. The highest BCUT2D eigenvalue weighted by Gasteiger charge is 2.23. The van der Waals surface area contributed by atoms with Crippen LogP contribution in [-0.2, 0) is 14.2 Å². The van der Waals surface area contributed by atoms with Gasteiger partial charge in [0.25, 0.3) is 0 Å². The molecule has 4 nitrogen and oxygen atoms in total. The van der Waals surface area contributed by atoms with Gasteiger partial charge in [0.05, 0.1) is 32.5 Å². The Kier molecular flexibility index (Phi) is 6.96. The van der Waals surface area contributed by atoms with Gasteiger partial charge in [-0.15, -0.1) is 0 Å². The van der Waals surface area contributed by atoms with E-state index in [1.54, 1.807) is 0 Å². The lowest BCUT2D eigenvalue weighted by atomic mass is 10.0. The highest BCUT2D eigenvalue weighted by molar-refractivity contribution is 4.72. The van der Waals surface area contributed by atoms with Crippen LogP contribution in [0.25, 0.3) is 0 Å². The Labute approximate surface area is 97.9 Å². The molecule has 1 saturated heterocycles. The van der Waals surface area contributed by atoms with Crippen LogP contribution in [0.15, 0.2) is 0 Å². The first kappa shape index (κ1) is 13.9. The Hall–Kier alpha value is -0.160. The molecule has 0 aliphatic carbocycles. The molecule has 0 aromatic carbocycles. The van der Waals surface area contributed by atoms with Crippen molar-refractivity contribution < 1.29 is 19.3 Å². The SMILES string of the molecule is CC(C)COCCOCC(O)C1CCOC1. The fourth-order valence-corrected chi connectivity index (χ4v) is 1.63. The average Bonchev–Trinajstić information content (AvgIpc) is 2.75. The van der Waals surface area contributed by atoms with E-state index in [0.29, 0.717) is 32.3 Å². The summed E-state index contributed by atoms with van der Waals surface area (Å²) in [5, 5.41) is 9.75. The van der Waals surface area contributed by atoms with E-state index in [1.165, 1.54) is 0 Å². The zero-order chi connectivity index (χ0) is 11.8.